The third-order valence-electron chi connectivity index (χ3n) is 4.26. The molecule has 0 radical (unpaired) electrons. The van der Waals surface area contributed by atoms with Gasteiger partial charge >= 0.3 is 17.7 Å². The first-order valence-corrected chi connectivity index (χ1v) is 10.0. The number of benzene rings is 2. The molecule has 162 valence electrons. The predicted octanol–water partition coefficient (Wildman–Crippen LogP) is 4.67. The maximum Gasteiger partial charge on any atom is 0.407 e. The molecule has 0 bridgehead atoms. The van der Waals surface area contributed by atoms with E-state index in [0.29, 0.717) is 12.0 Å². The summed E-state index contributed by atoms with van der Waals surface area (Å²) in [6, 6.07) is 15.9. The molecule has 31 heavy (non-hydrogen) atoms. The van der Waals surface area contributed by atoms with Gasteiger partial charge in [-0.15, -0.1) is 0 Å². The Morgan fingerprint density at radius 3 is 2.48 bits per heavy atom. The molecule has 0 unspecified atom stereocenters. The van der Waals surface area contributed by atoms with Gasteiger partial charge in [-0.05, 0) is 50.5 Å². The van der Waals surface area contributed by atoms with Crippen LogP contribution in [0.4, 0.5) is 4.79 Å². The number of amides is 1. The Kier molecular flexibility index (Phi) is 6.74. The third kappa shape index (κ3) is 6.44. The molecule has 0 aliphatic heterocycles. The minimum Gasteiger partial charge on any atom is -0.444 e. The van der Waals surface area contributed by atoms with Gasteiger partial charge < -0.3 is 19.2 Å². The number of carbonyl (C=O) groups is 2. The summed E-state index contributed by atoms with van der Waals surface area (Å²) >= 11 is 0. The minimum atomic E-state index is -0.575. The topological polar surface area (TPSA) is 94.8 Å². The molecular formula is C24H25NO6. The van der Waals surface area contributed by atoms with Crippen LogP contribution in [0.25, 0.3) is 22.1 Å². The van der Waals surface area contributed by atoms with Crippen molar-refractivity contribution in [3.8, 4) is 16.9 Å². The lowest BCUT2D eigenvalue weighted by molar-refractivity contribution is -0.134. The van der Waals surface area contributed by atoms with E-state index >= 15 is 0 Å². The van der Waals surface area contributed by atoms with Crippen molar-refractivity contribution in [2.75, 3.05) is 6.54 Å². The van der Waals surface area contributed by atoms with Crippen molar-refractivity contribution in [3.05, 3.63) is 65.0 Å². The molecule has 3 aromatic rings. The van der Waals surface area contributed by atoms with Gasteiger partial charge in [0.2, 0.25) is 0 Å². The zero-order valence-electron chi connectivity index (χ0n) is 17.8. The number of fused-ring (bicyclic) bond motifs is 1. The summed E-state index contributed by atoms with van der Waals surface area (Å²) < 4.78 is 15.8. The molecule has 0 spiro atoms. The number of nitrogens with one attached hydrogen (secondary N) is 1. The average molecular weight is 423 g/mol. The van der Waals surface area contributed by atoms with Crippen LogP contribution >= 0.6 is 0 Å². The van der Waals surface area contributed by atoms with Gasteiger partial charge in [-0.1, -0.05) is 30.3 Å². The molecule has 1 amide bonds. The van der Waals surface area contributed by atoms with Crippen LogP contribution in [0.15, 0.2) is 63.8 Å². The summed E-state index contributed by atoms with van der Waals surface area (Å²) in [5.74, 6) is -0.169. The van der Waals surface area contributed by atoms with E-state index in [-0.39, 0.29) is 18.7 Å². The molecule has 0 aliphatic carbocycles. The Hall–Kier alpha value is -3.61. The van der Waals surface area contributed by atoms with Crippen LogP contribution in [0.5, 0.6) is 5.75 Å². The van der Waals surface area contributed by atoms with E-state index in [1.807, 2.05) is 30.3 Å². The first kappa shape index (κ1) is 22.1. The second-order valence-corrected chi connectivity index (χ2v) is 8.01. The first-order valence-electron chi connectivity index (χ1n) is 10.0. The van der Waals surface area contributed by atoms with Gasteiger partial charge in [-0.3, -0.25) is 4.79 Å². The summed E-state index contributed by atoms with van der Waals surface area (Å²) in [4.78, 5) is 35.7. The Morgan fingerprint density at radius 2 is 1.77 bits per heavy atom. The van der Waals surface area contributed by atoms with Crippen molar-refractivity contribution in [2.45, 2.75) is 39.2 Å². The standard InChI is InChI=1S/C24H25NO6/c1-24(2,3)31-23(28)25-13-7-10-21(26)29-17-11-12-18-19(16-8-5-4-6-9-16)15-22(27)30-20(18)14-17/h4-6,8-9,11-12,14-15H,7,10,13H2,1-3H3,(H,25,28). The maximum atomic E-state index is 12.1. The molecule has 3 rings (SSSR count). The van der Waals surface area contributed by atoms with Crippen LogP contribution in [0.2, 0.25) is 0 Å². The van der Waals surface area contributed by atoms with Crippen molar-refractivity contribution in [2.24, 2.45) is 0 Å². The number of esters is 1. The largest absolute Gasteiger partial charge is 0.444 e. The number of carbonyl (C=O) groups excluding carboxylic acids is 2. The molecule has 0 fully saturated rings. The van der Waals surface area contributed by atoms with Crippen molar-refractivity contribution in [1.29, 1.82) is 0 Å². The molecule has 0 atom stereocenters. The molecule has 0 aliphatic rings. The number of hydrogen-bond donors (Lipinski definition) is 1. The fourth-order valence-electron chi connectivity index (χ4n) is 2.98. The second-order valence-electron chi connectivity index (χ2n) is 8.01. The zero-order chi connectivity index (χ0) is 22.4. The quantitative estimate of drug-likeness (QED) is 0.268. The van der Waals surface area contributed by atoms with Crippen molar-refractivity contribution >= 4 is 23.0 Å². The molecule has 1 heterocycles. The van der Waals surface area contributed by atoms with Crippen LogP contribution < -0.4 is 15.7 Å². The van der Waals surface area contributed by atoms with Gasteiger partial charge in [0.05, 0.1) is 0 Å². The molecular weight excluding hydrogens is 398 g/mol. The van der Waals surface area contributed by atoms with E-state index in [1.165, 1.54) is 12.1 Å². The molecule has 1 aromatic heterocycles. The zero-order valence-corrected chi connectivity index (χ0v) is 17.8. The van der Waals surface area contributed by atoms with E-state index in [0.717, 1.165) is 16.5 Å². The van der Waals surface area contributed by atoms with Crippen LogP contribution in [-0.2, 0) is 9.53 Å². The monoisotopic (exact) mass is 423 g/mol. The highest BCUT2D eigenvalue weighted by molar-refractivity contribution is 5.94. The lowest BCUT2D eigenvalue weighted by Crippen LogP contribution is -2.33. The Labute approximate surface area is 180 Å². The highest BCUT2D eigenvalue weighted by atomic mass is 16.6. The van der Waals surface area contributed by atoms with Crippen LogP contribution in [0.3, 0.4) is 0 Å². The van der Waals surface area contributed by atoms with Gasteiger partial charge in [0.1, 0.15) is 16.9 Å². The molecule has 7 heteroatoms. The van der Waals surface area contributed by atoms with Crippen LogP contribution in [-0.4, -0.2) is 24.2 Å². The number of rotatable bonds is 6. The summed E-state index contributed by atoms with van der Waals surface area (Å²) in [6.45, 7) is 5.62. The van der Waals surface area contributed by atoms with E-state index in [4.69, 9.17) is 13.9 Å². The van der Waals surface area contributed by atoms with Crippen molar-refractivity contribution in [3.63, 3.8) is 0 Å². The Bertz CT molecular complexity index is 1130. The molecule has 7 nitrogen and oxygen atoms in total. The van der Waals surface area contributed by atoms with E-state index in [1.54, 1.807) is 32.9 Å². The SMILES string of the molecule is CC(C)(C)OC(=O)NCCCC(=O)Oc1ccc2c(-c3ccccc3)cc(=O)oc2c1. The Morgan fingerprint density at radius 1 is 1.03 bits per heavy atom. The number of hydrogen-bond acceptors (Lipinski definition) is 6. The van der Waals surface area contributed by atoms with E-state index in [2.05, 4.69) is 5.32 Å². The Balaban J connectivity index is 1.62. The van der Waals surface area contributed by atoms with Crippen molar-refractivity contribution < 1.29 is 23.5 Å². The lowest BCUT2D eigenvalue weighted by Gasteiger charge is -2.19. The molecule has 0 saturated carbocycles. The third-order valence-corrected chi connectivity index (χ3v) is 4.26. The fraction of sp³-hybridized carbons (Fsp3) is 0.292. The summed E-state index contributed by atoms with van der Waals surface area (Å²) in [5.41, 5.74) is 0.918. The highest BCUT2D eigenvalue weighted by Gasteiger charge is 2.16. The highest BCUT2D eigenvalue weighted by Crippen LogP contribution is 2.29. The summed E-state index contributed by atoms with van der Waals surface area (Å²) in [5, 5.41) is 3.33. The average Bonchev–Trinajstić information content (AvgIpc) is 2.69. The summed E-state index contributed by atoms with van der Waals surface area (Å²) in [6.07, 6.45) is -0.0135. The van der Waals surface area contributed by atoms with Crippen LogP contribution in [0.1, 0.15) is 33.6 Å². The van der Waals surface area contributed by atoms with E-state index < -0.39 is 23.3 Å². The van der Waals surface area contributed by atoms with Gasteiger partial charge in [-0.25, -0.2) is 9.59 Å². The first-order chi connectivity index (χ1) is 14.7. The summed E-state index contributed by atoms with van der Waals surface area (Å²) in [7, 11) is 0. The lowest BCUT2D eigenvalue weighted by atomic mass is 10.0. The maximum absolute atomic E-state index is 12.1. The van der Waals surface area contributed by atoms with Crippen LogP contribution in [0, 0.1) is 0 Å². The van der Waals surface area contributed by atoms with Gasteiger partial charge in [0.25, 0.3) is 0 Å². The number of alkyl carbamates (subject to hydrolysis) is 1. The van der Waals surface area contributed by atoms with E-state index in [9.17, 15) is 14.4 Å². The minimum absolute atomic E-state index is 0.113. The fourth-order valence-corrected chi connectivity index (χ4v) is 2.98. The smallest absolute Gasteiger partial charge is 0.407 e. The van der Waals surface area contributed by atoms with Gasteiger partial charge in [0.15, 0.2) is 0 Å². The number of ether oxygens (including phenoxy) is 2. The molecule has 1 N–H and O–H groups in total. The second kappa shape index (κ2) is 9.47. The normalized spacial score (nSPS) is 11.2. The predicted molar refractivity (Wildman–Crippen MR) is 117 cm³/mol. The van der Waals surface area contributed by atoms with Gasteiger partial charge in [-0.2, -0.15) is 0 Å². The van der Waals surface area contributed by atoms with Gasteiger partial charge in [0, 0.05) is 30.5 Å². The van der Waals surface area contributed by atoms with Crippen molar-refractivity contribution in [1.82, 2.24) is 5.32 Å². The molecule has 0 saturated heterocycles. The molecule has 2 aromatic carbocycles.